The Morgan fingerprint density at radius 3 is 2.72 bits per heavy atom. The molecule has 2 bridgehead atoms. The molecule has 2 saturated carbocycles. The molecule has 4 aliphatic rings. The van der Waals surface area contributed by atoms with Gasteiger partial charge in [0.2, 0.25) is 0 Å². The third-order valence-electron chi connectivity index (χ3n) is 8.70. The number of carbonyl (C=O) groups excluding carboxylic acids is 1. The molecule has 0 amide bonds. The van der Waals surface area contributed by atoms with Gasteiger partial charge in [0.15, 0.2) is 0 Å². The van der Waals surface area contributed by atoms with Crippen LogP contribution < -0.4 is 4.74 Å². The highest BCUT2D eigenvalue weighted by Gasteiger charge is 2.66. The lowest BCUT2D eigenvalue weighted by molar-refractivity contribution is -0.187. The molecule has 0 spiro atoms. The quantitative estimate of drug-likeness (QED) is 0.666. The summed E-state index contributed by atoms with van der Waals surface area (Å²) in [7, 11) is 1.89. The number of ether oxygens (including phenoxy) is 2. The van der Waals surface area contributed by atoms with Gasteiger partial charge in [-0.15, -0.1) is 0 Å². The molecule has 3 atom stereocenters. The maximum atomic E-state index is 12.8. The molecule has 4 nitrogen and oxygen atoms in total. The van der Waals surface area contributed by atoms with Gasteiger partial charge in [-0.25, -0.2) is 0 Å². The molecule has 6 rings (SSSR count). The summed E-state index contributed by atoms with van der Waals surface area (Å²) >= 11 is 0. The van der Waals surface area contributed by atoms with Crippen LogP contribution in [0.4, 0.5) is 0 Å². The Labute approximate surface area is 190 Å². The van der Waals surface area contributed by atoms with Gasteiger partial charge in [-0.05, 0) is 73.4 Å². The highest BCUT2D eigenvalue weighted by Crippen LogP contribution is 2.59. The summed E-state index contributed by atoms with van der Waals surface area (Å²) in [6.45, 7) is 2.81. The number of ketones is 1. The van der Waals surface area contributed by atoms with E-state index < -0.39 is 0 Å². The summed E-state index contributed by atoms with van der Waals surface area (Å²) in [6.07, 6.45) is 6.81. The van der Waals surface area contributed by atoms with Crippen LogP contribution in [0.15, 0.2) is 48.5 Å². The Morgan fingerprint density at radius 2 is 1.94 bits per heavy atom. The molecule has 32 heavy (non-hydrogen) atoms. The van der Waals surface area contributed by atoms with Crippen molar-refractivity contribution in [1.29, 1.82) is 0 Å². The lowest BCUT2D eigenvalue weighted by atomic mass is 9.49. The normalized spacial score (nSPS) is 31.7. The Kier molecular flexibility index (Phi) is 4.92. The third-order valence-corrected chi connectivity index (χ3v) is 8.70. The topological polar surface area (TPSA) is 38.8 Å². The number of fused-ring (bicyclic) bond motifs is 1. The lowest BCUT2D eigenvalue weighted by Gasteiger charge is -2.65. The highest BCUT2D eigenvalue weighted by atomic mass is 16.5. The van der Waals surface area contributed by atoms with Crippen LogP contribution in [0.25, 0.3) is 0 Å². The molecule has 3 aliphatic carbocycles. The third kappa shape index (κ3) is 3.14. The number of carbonyl (C=O) groups is 1. The van der Waals surface area contributed by atoms with Crippen LogP contribution in [-0.2, 0) is 28.0 Å². The van der Waals surface area contributed by atoms with Crippen LogP contribution in [-0.4, -0.2) is 42.5 Å². The van der Waals surface area contributed by atoms with Crippen LogP contribution in [0.3, 0.4) is 0 Å². The minimum absolute atomic E-state index is 0.235. The molecule has 1 unspecified atom stereocenters. The molecule has 0 radical (unpaired) electrons. The number of hydrogen-bond donors (Lipinski definition) is 0. The van der Waals surface area contributed by atoms with E-state index >= 15 is 0 Å². The Hall–Kier alpha value is -2.17. The Balaban J connectivity index is 1.38. The van der Waals surface area contributed by atoms with Crippen molar-refractivity contribution in [1.82, 2.24) is 4.90 Å². The first-order valence-corrected chi connectivity index (χ1v) is 12.2. The van der Waals surface area contributed by atoms with Crippen LogP contribution in [0.2, 0.25) is 0 Å². The molecule has 1 aliphatic heterocycles. The largest absolute Gasteiger partial charge is 0.489 e. The maximum absolute atomic E-state index is 12.8. The van der Waals surface area contributed by atoms with Crippen LogP contribution >= 0.6 is 0 Å². The summed E-state index contributed by atoms with van der Waals surface area (Å²) < 4.78 is 12.7. The van der Waals surface area contributed by atoms with E-state index in [1.807, 2.05) is 25.3 Å². The summed E-state index contributed by atoms with van der Waals surface area (Å²) in [5.74, 6) is 2.14. The smallest absolute Gasteiger partial charge is 0.134 e. The van der Waals surface area contributed by atoms with Gasteiger partial charge in [-0.1, -0.05) is 36.4 Å². The monoisotopic (exact) mass is 431 g/mol. The molecule has 1 heterocycles. The summed E-state index contributed by atoms with van der Waals surface area (Å²) in [6, 6.07) is 17.3. The molecule has 3 fully saturated rings. The number of methoxy groups -OCH3 is 1. The average Bonchev–Trinajstić information content (AvgIpc) is 3.64. The Bertz CT molecular complexity index is 1020. The van der Waals surface area contributed by atoms with E-state index in [9.17, 15) is 4.79 Å². The van der Waals surface area contributed by atoms with Gasteiger partial charge in [0.05, 0.1) is 5.60 Å². The molecular formula is C28H33NO3. The predicted octanol–water partition coefficient (Wildman–Crippen LogP) is 4.68. The SMILES string of the molecule is CO[C@@]12CCC(=O)C[C@@]13CCN(CC1CC1)C2Cc1ccc(OCc2ccccc2)cc13. The second-order valence-corrected chi connectivity index (χ2v) is 10.4. The van der Waals surface area contributed by atoms with E-state index in [-0.39, 0.29) is 11.0 Å². The number of Topliss-reactive ketones (excluding diaryl/α,β-unsaturated/α-hetero) is 1. The first-order chi connectivity index (χ1) is 15.6. The highest BCUT2D eigenvalue weighted by molar-refractivity contribution is 5.82. The number of piperidine rings is 1. The number of rotatable bonds is 6. The van der Waals surface area contributed by atoms with Crippen molar-refractivity contribution in [2.45, 2.75) is 68.6 Å². The molecule has 0 aromatic heterocycles. The van der Waals surface area contributed by atoms with Crippen LogP contribution in [0, 0.1) is 5.92 Å². The fraction of sp³-hybridized carbons (Fsp3) is 0.536. The van der Waals surface area contributed by atoms with E-state index in [0.29, 0.717) is 31.3 Å². The van der Waals surface area contributed by atoms with Gasteiger partial charge < -0.3 is 9.47 Å². The second kappa shape index (κ2) is 7.71. The van der Waals surface area contributed by atoms with Crippen molar-refractivity contribution in [3.05, 3.63) is 65.2 Å². The zero-order chi connectivity index (χ0) is 21.8. The molecule has 1 saturated heterocycles. The van der Waals surface area contributed by atoms with Crippen LogP contribution in [0.1, 0.15) is 55.2 Å². The van der Waals surface area contributed by atoms with Crippen molar-refractivity contribution in [2.24, 2.45) is 5.92 Å². The van der Waals surface area contributed by atoms with Gasteiger partial charge in [-0.3, -0.25) is 9.69 Å². The molecule has 168 valence electrons. The van der Waals surface area contributed by atoms with Crippen molar-refractivity contribution < 1.29 is 14.3 Å². The fourth-order valence-electron chi connectivity index (χ4n) is 6.96. The van der Waals surface area contributed by atoms with E-state index in [0.717, 1.165) is 43.0 Å². The van der Waals surface area contributed by atoms with E-state index in [2.05, 4.69) is 35.2 Å². The number of benzene rings is 2. The van der Waals surface area contributed by atoms with Crippen molar-refractivity contribution in [3.8, 4) is 5.75 Å². The number of likely N-dealkylation sites (tertiary alicyclic amines) is 1. The standard InChI is InChI=1S/C28H33NO3/c1-31-28-12-11-23(30)17-27(28)13-14-29(18-20-7-8-20)26(28)15-22-9-10-24(16-25(22)27)32-19-21-5-3-2-4-6-21/h2-6,9-10,16,20,26H,7-8,11-15,17-19H2,1H3/t26?,27-,28-/m1/s1. The minimum atomic E-state index is -0.279. The number of nitrogens with zero attached hydrogens (tertiary/aromatic N) is 1. The summed E-state index contributed by atoms with van der Waals surface area (Å²) in [4.78, 5) is 15.6. The second-order valence-electron chi connectivity index (χ2n) is 10.4. The lowest BCUT2D eigenvalue weighted by Crippen LogP contribution is -2.74. The van der Waals surface area contributed by atoms with Crippen molar-refractivity contribution >= 4 is 5.78 Å². The minimum Gasteiger partial charge on any atom is -0.489 e. The summed E-state index contributed by atoms with van der Waals surface area (Å²) in [5.41, 5.74) is 3.33. The summed E-state index contributed by atoms with van der Waals surface area (Å²) in [5, 5.41) is 0. The van der Waals surface area contributed by atoms with E-state index in [1.165, 1.54) is 30.5 Å². The zero-order valence-electron chi connectivity index (χ0n) is 19.0. The maximum Gasteiger partial charge on any atom is 0.134 e. The fourth-order valence-corrected chi connectivity index (χ4v) is 6.96. The molecular weight excluding hydrogens is 398 g/mol. The van der Waals surface area contributed by atoms with Crippen LogP contribution in [0.5, 0.6) is 5.75 Å². The molecule has 4 heteroatoms. The van der Waals surface area contributed by atoms with Gasteiger partial charge in [-0.2, -0.15) is 0 Å². The van der Waals surface area contributed by atoms with Gasteiger partial charge in [0.25, 0.3) is 0 Å². The van der Waals surface area contributed by atoms with Gasteiger partial charge in [0.1, 0.15) is 18.1 Å². The van der Waals surface area contributed by atoms with E-state index in [1.54, 1.807) is 0 Å². The Morgan fingerprint density at radius 1 is 1.09 bits per heavy atom. The van der Waals surface area contributed by atoms with Gasteiger partial charge in [0, 0.05) is 38.0 Å². The predicted molar refractivity (Wildman–Crippen MR) is 124 cm³/mol. The molecule has 2 aromatic rings. The average molecular weight is 432 g/mol. The molecule has 2 aromatic carbocycles. The zero-order valence-corrected chi connectivity index (χ0v) is 19.0. The first kappa shape index (κ1) is 20.4. The molecule has 0 N–H and O–H groups in total. The van der Waals surface area contributed by atoms with E-state index in [4.69, 9.17) is 9.47 Å². The van der Waals surface area contributed by atoms with Crippen molar-refractivity contribution in [2.75, 3.05) is 20.2 Å². The van der Waals surface area contributed by atoms with Gasteiger partial charge >= 0.3 is 0 Å². The number of hydrogen-bond acceptors (Lipinski definition) is 4. The first-order valence-electron chi connectivity index (χ1n) is 12.2. The van der Waals surface area contributed by atoms with Crippen molar-refractivity contribution in [3.63, 3.8) is 0 Å².